The molecule has 0 aromatic carbocycles. The maximum absolute atomic E-state index is 10.9. The molecule has 0 aliphatic carbocycles. The first-order chi connectivity index (χ1) is 5.72. The Hall–Kier alpha value is -0.610. The van der Waals surface area contributed by atoms with Gasteiger partial charge in [-0.1, -0.05) is 6.92 Å². The predicted molar refractivity (Wildman–Crippen MR) is 45.7 cm³/mol. The maximum atomic E-state index is 10.9. The van der Waals surface area contributed by atoms with Crippen LogP contribution < -0.4 is 5.32 Å². The van der Waals surface area contributed by atoms with Gasteiger partial charge in [-0.05, 0) is 6.42 Å². The van der Waals surface area contributed by atoms with Gasteiger partial charge < -0.3 is 10.4 Å². The summed E-state index contributed by atoms with van der Waals surface area (Å²) in [5.41, 5.74) is 0. The van der Waals surface area contributed by atoms with Crippen molar-refractivity contribution >= 4 is 5.91 Å². The molecule has 1 atom stereocenters. The molecule has 1 aliphatic rings. The van der Waals surface area contributed by atoms with E-state index in [1.54, 1.807) is 0 Å². The van der Waals surface area contributed by atoms with Crippen LogP contribution in [-0.4, -0.2) is 48.2 Å². The number of nitrogens with one attached hydrogen (secondary N) is 1. The molecule has 1 amide bonds. The molecule has 1 aliphatic heterocycles. The molecule has 12 heavy (non-hydrogen) atoms. The second-order valence-electron chi connectivity index (χ2n) is 3.15. The van der Waals surface area contributed by atoms with Gasteiger partial charge >= 0.3 is 0 Å². The number of carbonyl (C=O) groups is 1. The van der Waals surface area contributed by atoms with E-state index in [2.05, 4.69) is 5.32 Å². The second kappa shape index (κ2) is 4.42. The minimum atomic E-state index is -0.295. The summed E-state index contributed by atoms with van der Waals surface area (Å²) >= 11 is 0. The van der Waals surface area contributed by atoms with Crippen LogP contribution in [0.4, 0.5) is 0 Å². The number of amides is 1. The molecule has 1 saturated heterocycles. The van der Waals surface area contributed by atoms with Crippen LogP contribution in [-0.2, 0) is 4.79 Å². The highest BCUT2D eigenvalue weighted by Gasteiger charge is 2.17. The lowest BCUT2D eigenvalue weighted by Gasteiger charge is -2.27. The zero-order valence-corrected chi connectivity index (χ0v) is 7.42. The van der Waals surface area contributed by atoms with E-state index in [9.17, 15) is 9.90 Å². The number of nitrogens with zero attached hydrogens (tertiary/aromatic N) is 1. The van der Waals surface area contributed by atoms with E-state index < -0.39 is 0 Å². The van der Waals surface area contributed by atoms with Gasteiger partial charge in [0.2, 0.25) is 5.91 Å². The van der Waals surface area contributed by atoms with Crippen molar-refractivity contribution in [3.8, 4) is 0 Å². The Balaban J connectivity index is 2.27. The van der Waals surface area contributed by atoms with Crippen molar-refractivity contribution < 1.29 is 9.90 Å². The van der Waals surface area contributed by atoms with Crippen LogP contribution in [0.1, 0.15) is 13.3 Å². The molecule has 70 valence electrons. The normalized spacial score (nSPS) is 22.0. The third-order valence-corrected chi connectivity index (χ3v) is 2.06. The number of rotatable bonds is 3. The molecule has 1 heterocycles. The van der Waals surface area contributed by atoms with Crippen molar-refractivity contribution in [2.24, 2.45) is 0 Å². The highest BCUT2D eigenvalue weighted by molar-refractivity contribution is 5.78. The standard InChI is InChI=1S/C8H16N2O2/c1-2-7(11)5-10-4-3-9-8(12)6-10/h7,11H,2-6H2,1H3,(H,9,12). The number of aliphatic hydroxyl groups excluding tert-OH is 1. The molecule has 1 unspecified atom stereocenters. The summed E-state index contributed by atoms with van der Waals surface area (Å²) in [6, 6.07) is 0. The van der Waals surface area contributed by atoms with E-state index in [4.69, 9.17) is 0 Å². The average molecular weight is 172 g/mol. The van der Waals surface area contributed by atoms with Crippen LogP contribution in [0.5, 0.6) is 0 Å². The quantitative estimate of drug-likeness (QED) is 0.585. The minimum Gasteiger partial charge on any atom is -0.392 e. The molecule has 0 aromatic rings. The van der Waals surface area contributed by atoms with Crippen molar-refractivity contribution in [2.75, 3.05) is 26.2 Å². The van der Waals surface area contributed by atoms with Crippen LogP contribution >= 0.6 is 0 Å². The fourth-order valence-electron chi connectivity index (χ4n) is 1.27. The van der Waals surface area contributed by atoms with E-state index in [1.165, 1.54) is 0 Å². The van der Waals surface area contributed by atoms with Gasteiger partial charge in [-0.2, -0.15) is 0 Å². The molecule has 0 spiro atoms. The third-order valence-electron chi connectivity index (χ3n) is 2.06. The van der Waals surface area contributed by atoms with Gasteiger partial charge in [0.15, 0.2) is 0 Å². The molecule has 1 rings (SSSR count). The highest BCUT2D eigenvalue weighted by atomic mass is 16.3. The van der Waals surface area contributed by atoms with Gasteiger partial charge in [0, 0.05) is 19.6 Å². The van der Waals surface area contributed by atoms with Gasteiger partial charge in [0.1, 0.15) is 0 Å². The summed E-state index contributed by atoms with van der Waals surface area (Å²) in [6.07, 6.45) is 0.453. The lowest BCUT2D eigenvalue weighted by Crippen LogP contribution is -2.49. The molecular weight excluding hydrogens is 156 g/mol. The average Bonchev–Trinajstić information content (AvgIpc) is 2.04. The fraction of sp³-hybridized carbons (Fsp3) is 0.875. The number of β-amino-alcohol motifs (C(OH)–C–C–N with tert-alkyl or cyclic N) is 1. The number of carbonyl (C=O) groups excluding carboxylic acids is 1. The van der Waals surface area contributed by atoms with Gasteiger partial charge in [0.25, 0.3) is 0 Å². The molecule has 0 radical (unpaired) electrons. The Labute approximate surface area is 72.6 Å². The summed E-state index contributed by atoms with van der Waals surface area (Å²) in [4.78, 5) is 12.9. The monoisotopic (exact) mass is 172 g/mol. The Bertz CT molecular complexity index is 161. The van der Waals surface area contributed by atoms with E-state index >= 15 is 0 Å². The summed E-state index contributed by atoms with van der Waals surface area (Å²) in [7, 11) is 0. The summed E-state index contributed by atoms with van der Waals surface area (Å²) in [6.45, 7) is 4.54. The molecule has 0 saturated carbocycles. The first-order valence-corrected chi connectivity index (χ1v) is 4.39. The van der Waals surface area contributed by atoms with Crippen molar-refractivity contribution in [3.05, 3.63) is 0 Å². The van der Waals surface area contributed by atoms with Crippen LogP contribution in [0, 0.1) is 0 Å². The molecule has 2 N–H and O–H groups in total. The van der Waals surface area contributed by atoms with Gasteiger partial charge in [-0.25, -0.2) is 0 Å². The van der Waals surface area contributed by atoms with Gasteiger partial charge in [0.05, 0.1) is 12.6 Å². The highest BCUT2D eigenvalue weighted by Crippen LogP contribution is 1.98. The van der Waals surface area contributed by atoms with Crippen molar-refractivity contribution in [2.45, 2.75) is 19.4 Å². The van der Waals surface area contributed by atoms with Crippen LogP contribution in [0.2, 0.25) is 0 Å². The first kappa shape index (κ1) is 9.48. The summed E-state index contributed by atoms with van der Waals surface area (Å²) in [5, 5.41) is 12.1. The van der Waals surface area contributed by atoms with E-state index in [1.807, 2.05) is 11.8 Å². The van der Waals surface area contributed by atoms with E-state index in [0.717, 1.165) is 13.0 Å². The Morgan fingerprint density at radius 3 is 3.08 bits per heavy atom. The van der Waals surface area contributed by atoms with Crippen molar-refractivity contribution in [3.63, 3.8) is 0 Å². The van der Waals surface area contributed by atoms with Crippen molar-refractivity contribution in [1.29, 1.82) is 0 Å². The second-order valence-corrected chi connectivity index (χ2v) is 3.15. The molecule has 0 bridgehead atoms. The number of hydrogen-bond donors (Lipinski definition) is 2. The summed E-state index contributed by atoms with van der Waals surface area (Å²) in [5.74, 6) is 0.0598. The van der Waals surface area contributed by atoms with Gasteiger partial charge in [-0.3, -0.25) is 9.69 Å². The number of hydrogen-bond acceptors (Lipinski definition) is 3. The molecule has 4 nitrogen and oxygen atoms in total. The molecule has 0 aromatic heterocycles. The van der Waals surface area contributed by atoms with E-state index in [0.29, 0.717) is 19.6 Å². The Morgan fingerprint density at radius 1 is 1.75 bits per heavy atom. The van der Waals surface area contributed by atoms with E-state index in [-0.39, 0.29) is 12.0 Å². The zero-order chi connectivity index (χ0) is 8.97. The first-order valence-electron chi connectivity index (χ1n) is 4.39. The Kier molecular flexibility index (Phi) is 3.49. The van der Waals surface area contributed by atoms with Crippen molar-refractivity contribution in [1.82, 2.24) is 10.2 Å². The van der Waals surface area contributed by atoms with Crippen LogP contribution in [0.3, 0.4) is 0 Å². The topological polar surface area (TPSA) is 52.6 Å². The lowest BCUT2D eigenvalue weighted by molar-refractivity contribution is -0.124. The lowest BCUT2D eigenvalue weighted by atomic mass is 10.2. The SMILES string of the molecule is CCC(O)CN1CCNC(=O)C1. The fourth-order valence-corrected chi connectivity index (χ4v) is 1.27. The number of piperazine rings is 1. The minimum absolute atomic E-state index is 0.0598. The molecule has 1 fully saturated rings. The van der Waals surface area contributed by atoms with Crippen LogP contribution in [0.25, 0.3) is 0 Å². The summed E-state index contributed by atoms with van der Waals surface area (Å²) < 4.78 is 0. The molecular formula is C8H16N2O2. The Morgan fingerprint density at radius 2 is 2.50 bits per heavy atom. The smallest absolute Gasteiger partial charge is 0.234 e. The number of aliphatic hydroxyl groups is 1. The predicted octanol–water partition coefficient (Wildman–Crippen LogP) is -0.811. The zero-order valence-electron chi connectivity index (χ0n) is 7.42. The van der Waals surface area contributed by atoms with Gasteiger partial charge in [-0.15, -0.1) is 0 Å². The maximum Gasteiger partial charge on any atom is 0.234 e. The third kappa shape index (κ3) is 2.79. The molecule has 4 heteroatoms. The largest absolute Gasteiger partial charge is 0.392 e. The van der Waals surface area contributed by atoms with Crippen LogP contribution in [0.15, 0.2) is 0 Å².